The molecule has 0 bridgehead atoms. The van der Waals surface area contributed by atoms with Crippen LogP contribution in [0.2, 0.25) is 0 Å². The lowest BCUT2D eigenvalue weighted by Gasteiger charge is -2.13. The summed E-state index contributed by atoms with van der Waals surface area (Å²) in [7, 11) is 1.50. The molecule has 0 aromatic carbocycles. The second-order valence-electron chi connectivity index (χ2n) is 5.06. The maximum Gasteiger partial charge on any atom is 0.339 e. The Hall–Kier alpha value is -0.590. The number of rotatable bonds is 8. The molecule has 0 N–H and O–H groups in total. The molecule has 0 radical (unpaired) electrons. The number of esters is 1. The van der Waals surface area contributed by atoms with Crippen molar-refractivity contribution in [2.24, 2.45) is 0 Å². The van der Waals surface area contributed by atoms with Gasteiger partial charge in [-0.3, -0.25) is 0 Å². The molecule has 1 atom stereocenters. The molecule has 120 valence electrons. The van der Waals surface area contributed by atoms with E-state index in [4.69, 9.17) is 15.4 Å². The Morgan fingerprint density at radius 1 is 1.38 bits per heavy atom. The Bertz CT molecular complexity index is 578. The maximum atomic E-state index is 12.1. The standard InChI is InChI=1S/C14H21ClO4S2/c1-4-5-6-7-8-10(2)19-13(16)12-9-20-14(11(12)3)21(15,17)18/h9-10H,4-8H2,1-3H3. The zero-order chi connectivity index (χ0) is 16.0. The lowest BCUT2D eigenvalue weighted by Crippen LogP contribution is -2.15. The van der Waals surface area contributed by atoms with E-state index >= 15 is 0 Å². The van der Waals surface area contributed by atoms with E-state index in [0.29, 0.717) is 5.56 Å². The van der Waals surface area contributed by atoms with E-state index in [-0.39, 0.29) is 15.9 Å². The largest absolute Gasteiger partial charge is 0.459 e. The van der Waals surface area contributed by atoms with Crippen molar-refractivity contribution >= 4 is 37.0 Å². The molecule has 21 heavy (non-hydrogen) atoms. The molecule has 0 aliphatic heterocycles. The number of carbonyl (C=O) groups is 1. The molecular formula is C14H21ClO4S2. The first-order valence-electron chi connectivity index (χ1n) is 7.01. The lowest BCUT2D eigenvalue weighted by atomic mass is 10.1. The van der Waals surface area contributed by atoms with Crippen molar-refractivity contribution in [2.75, 3.05) is 0 Å². The third-order valence-electron chi connectivity index (χ3n) is 3.21. The molecule has 1 heterocycles. The number of thiophene rings is 1. The molecule has 0 spiro atoms. The molecule has 0 saturated heterocycles. The summed E-state index contributed by atoms with van der Waals surface area (Å²) in [6, 6.07) is 0. The molecule has 7 heteroatoms. The first kappa shape index (κ1) is 18.5. The van der Waals surface area contributed by atoms with Crippen molar-refractivity contribution in [1.82, 2.24) is 0 Å². The first-order valence-corrected chi connectivity index (χ1v) is 10.2. The molecule has 1 aromatic heterocycles. The fourth-order valence-corrected chi connectivity index (χ4v) is 4.54. The molecule has 0 aliphatic carbocycles. The predicted octanol–water partition coefficient (Wildman–Crippen LogP) is 4.50. The highest BCUT2D eigenvalue weighted by Gasteiger charge is 2.23. The van der Waals surface area contributed by atoms with Crippen LogP contribution in [0.3, 0.4) is 0 Å². The number of hydrogen-bond acceptors (Lipinski definition) is 5. The molecule has 0 saturated carbocycles. The Balaban J connectivity index is 2.62. The van der Waals surface area contributed by atoms with Crippen LogP contribution in [0.15, 0.2) is 9.59 Å². The van der Waals surface area contributed by atoms with E-state index in [1.54, 1.807) is 6.92 Å². The van der Waals surface area contributed by atoms with Gasteiger partial charge in [-0.1, -0.05) is 26.2 Å². The van der Waals surface area contributed by atoms with E-state index in [1.165, 1.54) is 11.8 Å². The molecule has 0 aliphatic rings. The molecule has 1 unspecified atom stereocenters. The molecule has 4 nitrogen and oxygen atoms in total. The van der Waals surface area contributed by atoms with Crippen LogP contribution in [-0.2, 0) is 13.8 Å². The monoisotopic (exact) mass is 352 g/mol. The summed E-state index contributed by atoms with van der Waals surface area (Å²) in [6.07, 6.45) is 5.13. The van der Waals surface area contributed by atoms with Crippen LogP contribution in [0.4, 0.5) is 0 Å². The van der Waals surface area contributed by atoms with E-state index in [1.807, 2.05) is 6.92 Å². The Labute approximate surface area is 134 Å². The summed E-state index contributed by atoms with van der Waals surface area (Å²) in [5.74, 6) is -0.488. The molecule has 1 rings (SSSR count). The van der Waals surface area contributed by atoms with Crippen molar-refractivity contribution in [1.29, 1.82) is 0 Å². The smallest absolute Gasteiger partial charge is 0.339 e. The molecule has 0 amide bonds. The fraction of sp³-hybridized carbons (Fsp3) is 0.643. The van der Waals surface area contributed by atoms with Gasteiger partial charge in [-0.25, -0.2) is 13.2 Å². The Morgan fingerprint density at radius 2 is 2.05 bits per heavy atom. The topological polar surface area (TPSA) is 60.4 Å². The van der Waals surface area contributed by atoms with Crippen LogP contribution in [0.25, 0.3) is 0 Å². The van der Waals surface area contributed by atoms with Crippen molar-refractivity contribution in [3.05, 3.63) is 16.5 Å². The minimum Gasteiger partial charge on any atom is -0.459 e. The number of carbonyl (C=O) groups excluding carboxylic acids is 1. The normalized spacial score (nSPS) is 13.1. The number of ether oxygens (including phenoxy) is 1. The minimum atomic E-state index is -3.81. The van der Waals surface area contributed by atoms with Gasteiger partial charge in [-0.15, -0.1) is 11.3 Å². The van der Waals surface area contributed by atoms with Gasteiger partial charge >= 0.3 is 5.97 Å². The number of unbranched alkanes of at least 4 members (excludes halogenated alkanes) is 3. The Morgan fingerprint density at radius 3 is 2.57 bits per heavy atom. The molecule has 0 fully saturated rings. The summed E-state index contributed by atoms with van der Waals surface area (Å²) < 4.78 is 28.0. The van der Waals surface area contributed by atoms with Gasteiger partial charge in [0.2, 0.25) is 0 Å². The van der Waals surface area contributed by atoms with Crippen molar-refractivity contribution in [3.8, 4) is 0 Å². The van der Waals surface area contributed by atoms with Gasteiger partial charge < -0.3 is 4.74 Å². The van der Waals surface area contributed by atoms with Gasteiger partial charge in [0.05, 0.1) is 11.7 Å². The fourth-order valence-electron chi connectivity index (χ4n) is 2.00. The van der Waals surface area contributed by atoms with Crippen LogP contribution < -0.4 is 0 Å². The number of hydrogen-bond donors (Lipinski definition) is 0. The van der Waals surface area contributed by atoms with Gasteiger partial charge in [-0.2, -0.15) is 0 Å². The molecule has 1 aromatic rings. The highest BCUT2D eigenvalue weighted by Crippen LogP contribution is 2.30. The van der Waals surface area contributed by atoms with Crippen LogP contribution in [0, 0.1) is 6.92 Å². The average Bonchev–Trinajstić information content (AvgIpc) is 2.76. The van der Waals surface area contributed by atoms with Gasteiger partial charge in [0, 0.05) is 16.1 Å². The minimum absolute atomic E-state index is 0.00622. The predicted molar refractivity (Wildman–Crippen MR) is 85.7 cm³/mol. The summed E-state index contributed by atoms with van der Waals surface area (Å²) >= 11 is 0.942. The zero-order valence-electron chi connectivity index (χ0n) is 12.5. The third kappa shape index (κ3) is 5.60. The van der Waals surface area contributed by atoms with E-state index < -0.39 is 15.0 Å². The lowest BCUT2D eigenvalue weighted by molar-refractivity contribution is 0.0319. The van der Waals surface area contributed by atoms with Crippen LogP contribution >= 0.6 is 22.0 Å². The van der Waals surface area contributed by atoms with E-state index in [9.17, 15) is 13.2 Å². The highest BCUT2D eigenvalue weighted by molar-refractivity contribution is 8.15. The highest BCUT2D eigenvalue weighted by atomic mass is 35.7. The zero-order valence-corrected chi connectivity index (χ0v) is 14.9. The van der Waals surface area contributed by atoms with Crippen LogP contribution in [0.1, 0.15) is 61.9 Å². The quantitative estimate of drug-likeness (QED) is 0.392. The van der Waals surface area contributed by atoms with Crippen molar-refractivity contribution < 1.29 is 17.9 Å². The van der Waals surface area contributed by atoms with Gasteiger partial charge in [-0.05, 0) is 32.3 Å². The summed E-state index contributed by atoms with van der Waals surface area (Å²) in [5.41, 5.74) is 0.637. The SMILES string of the molecule is CCCCCCC(C)OC(=O)c1csc(S(=O)(=O)Cl)c1C. The van der Waals surface area contributed by atoms with E-state index in [2.05, 4.69) is 6.92 Å². The van der Waals surface area contributed by atoms with Gasteiger partial charge in [0.15, 0.2) is 0 Å². The summed E-state index contributed by atoms with van der Waals surface area (Å²) in [4.78, 5) is 12.1. The van der Waals surface area contributed by atoms with E-state index in [0.717, 1.165) is 37.0 Å². The third-order valence-corrected chi connectivity index (χ3v) is 6.51. The van der Waals surface area contributed by atoms with Crippen LogP contribution in [-0.4, -0.2) is 20.5 Å². The Kier molecular flexibility index (Phi) is 7.16. The van der Waals surface area contributed by atoms with Crippen LogP contribution in [0.5, 0.6) is 0 Å². The summed E-state index contributed by atoms with van der Waals surface area (Å²) in [5, 5.41) is 1.48. The second kappa shape index (κ2) is 8.15. The molecular weight excluding hydrogens is 332 g/mol. The second-order valence-corrected chi connectivity index (χ2v) is 8.71. The number of halogens is 1. The average molecular weight is 353 g/mol. The summed E-state index contributed by atoms with van der Waals surface area (Å²) in [6.45, 7) is 5.56. The van der Waals surface area contributed by atoms with Gasteiger partial charge in [0.1, 0.15) is 4.21 Å². The maximum absolute atomic E-state index is 12.1. The first-order chi connectivity index (χ1) is 9.77. The van der Waals surface area contributed by atoms with Crippen molar-refractivity contribution in [3.63, 3.8) is 0 Å². The van der Waals surface area contributed by atoms with Crippen molar-refractivity contribution in [2.45, 2.75) is 63.2 Å². The van der Waals surface area contributed by atoms with Gasteiger partial charge in [0.25, 0.3) is 9.05 Å².